The molecule has 1 aliphatic heterocycles. The quantitative estimate of drug-likeness (QED) is 0.471. The van der Waals surface area contributed by atoms with Gasteiger partial charge in [-0.25, -0.2) is 0 Å². The highest BCUT2D eigenvalue weighted by Crippen LogP contribution is 2.22. The molecule has 1 aliphatic rings. The van der Waals surface area contributed by atoms with E-state index in [9.17, 15) is 4.79 Å². The van der Waals surface area contributed by atoms with E-state index in [1.54, 1.807) is 11.3 Å². The summed E-state index contributed by atoms with van der Waals surface area (Å²) >= 11 is 1.72. The number of anilines is 1. The molecular formula is C25H27N5OS. The van der Waals surface area contributed by atoms with Crippen molar-refractivity contribution in [3.05, 3.63) is 88.5 Å². The number of hydrogen-bond acceptors (Lipinski definition) is 5. The highest BCUT2D eigenvalue weighted by atomic mass is 32.1. The molecule has 0 aromatic carbocycles. The van der Waals surface area contributed by atoms with Crippen LogP contribution in [-0.4, -0.2) is 52.9 Å². The first-order valence-electron chi connectivity index (χ1n) is 11.0. The maximum atomic E-state index is 12.7. The third-order valence-corrected chi connectivity index (χ3v) is 6.89. The smallest absolute Gasteiger partial charge is 0.252 e. The van der Waals surface area contributed by atoms with Crippen molar-refractivity contribution in [2.24, 2.45) is 0 Å². The predicted molar refractivity (Wildman–Crippen MR) is 129 cm³/mol. The Morgan fingerprint density at radius 3 is 2.69 bits per heavy atom. The van der Waals surface area contributed by atoms with Crippen molar-refractivity contribution in [2.45, 2.75) is 13.0 Å². The molecule has 5 rings (SSSR count). The summed E-state index contributed by atoms with van der Waals surface area (Å²) in [5.74, 6) is 1.12. The molecule has 0 aliphatic carbocycles. The lowest BCUT2D eigenvalue weighted by Gasteiger charge is -2.35. The van der Waals surface area contributed by atoms with Crippen LogP contribution in [0.25, 0.3) is 5.52 Å². The molecule has 0 atom stereocenters. The average Bonchev–Trinajstić information content (AvgIpc) is 3.50. The molecule has 1 saturated heterocycles. The SMILES string of the molecule is O=C(NCCc1cccs1)c1ccc2ccc(N3CCN(Cc4cccnc4)CC3)n2c1. The lowest BCUT2D eigenvalue weighted by molar-refractivity contribution is 0.0954. The Kier molecular flexibility index (Phi) is 6.18. The van der Waals surface area contributed by atoms with Crippen molar-refractivity contribution in [3.8, 4) is 0 Å². The molecular weight excluding hydrogens is 418 g/mol. The first-order valence-corrected chi connectivity index (χ1v) is 11.9. The van der Waals surface area contributed by atoms with E-state index in [1.807, 2.05) is 42.9 Å². The summed E-state index contributed by atoms with van der Waals surface area (Å²) in [5, 5.41) is 5.12. The molecule has 0 bridgehead atoms. The zero-order valence-electron chi connectivity index (χ0n) is 18.0. The fourth-order valence-electron chi connectivity index (χ4n) is 4.22. The summed E-state index contributed by atoms with van der Waals surface area (Å²) in [6, 6.07) is 16.5. The minimum Gasteiger partial charge on any atom is -0.355 e. The molecule has 1 amide bonds. The summed E-state index contributed by atoms with van der Waals surface area (Å²) in [6.07, 6.45) is 6.59. The van der Waals surface area contributed by atoms with Crippen LogP contribution in [0.15, 0.2) is 72.5 Å². The van der Waals surface area contributed by atoms with Gasteiger partial charge in [0, 0.05) is 68.3 Å². The lowest BCUT2D eigenvalue weighted by Crippen LogP contribution is -2.46. The van der Waals surface area contributed by atoms with Crippen molar-refractivity contribution in [3.63, 3.8) is 0 Å². The third-order valence-electron chi connectivity index (χ3n) is 5.95. The number of carbonyl (C=O) groups is 1. The standard InChI is InChI=1S/C25H27N5OS/c31-25(27-11-9-23-4-2-16-32-23)21-5-6-22-7-8-24(30(22)19-21)29-14-12-28(13-15-29)18-20-3-1-10-26-17-20/h1-8,10,16-17,19H,9,11-15,18H2,(H,27,31). The van der Waals surface area contributed by atoms with Crippen LogP contribution < -0.4 is 10.2 Å². The van der Waals surface area contributed by atoms with Crippen LogP contribution in [0.5, 0.6) is 0 Å². The molecule has 32 heavy (non-hydrogen) atoms. The summed E-state index contributed by atoms with van der Waals surface area (Å²) in [5.41, 5.74) is 3.05. The first-order chi connectivity index (χ1) is 15.8. The van der Waals surface area contributed by atoms with Gasteiger partial charge >= 0.3 is 0 Å². The molecule has 4 aromatic heterocycles. The van der Waals surface area contributed by atoms with E-state index < -0.39 is 0 Å². The zero-order chi connectivity index (χ0) is 21.8. The fraction of sp³-hybridized carbons (Fsp3) is 0.280. The molecule has 164 valence electrons. The van der Waals surface area contributed by atoms with Gasteiger partial charge in [0.05, 0.1) is 5.56 Å². The molecule has 4 aromatic rings. The molecule has 5 heterocycles. The van der Waals surface area contributed by atoms with Gasteiger partial charge < -0.3 is 14.6 Å². The molecule has 6 nitrogen and oxygen atoms in total. The predicted octanol–water partition coefficient (Wildman–Crippen LogP) is 3.69. The summed E-state index contributed by atoms with van der Waals surface area (Å²) in [6.45, 7) is 5.52. The van der Waals surface area contributed by atoms with Gasteiger partial charge in [-0.2, -0.15) is 0 Å². The van der Waals surface area contributed by atoms with Crippen LogP contribution in [0.2, 0.25) is 0 Å². The largest absolute Gasteiger partial charge is 0.355 e. The number of hydrogen-bond donors (Lipinski definition) is 1. The Hall–Kier alpha value is -3.16. The van der Waals surface area contributed by atoms with Crippen LogP contribution in [0.1, 0.15) is 20.8 Å². The van der Waals surface area contributed by atoms with Crippen LogP contribution in [0, 0.1) is 0 Å². The van der Waals surface area contributed by atoms with Crippen LogP contribution >= 0.6 is 11.3 Å². The Balaban J connectivity index is 1.22. The second-order valence-electron chi connectivity index (χ2n) is 8.11. The van der Waals surface area contributed by atoms with Crippen molar-refractivity contribution in [1.82, 2.24) is 19.6 Å². The minimum atomic E-state index is -0.0237. The van der Waals surface area contributed by atoms with E-state index in [2.05, 4.69) is 54.1 Å². The maximum Gasteiger partial charge on any atom is 0.252 e. The van der Waals surface area contributed by atoms with Gasteiger partial charge in [-0.1, -0.05) is 12.1 Å². The van der Waals surface area contributed by atoms with Crippen molar-refractivity contribution in [1.29, 1.82) is 0 Å². The van der Waals surface area contributed by atoms with Crippen molar-refractivity contribution >= 4 is 28.6 Å². The number of carbonyl (C=O) groups excluding carboxylic acids is 1. The zero-order valence-corrected chi connectivity index (χ0v) is 18.8. The Bertz CT molecular complexity index is 1160. The normalized spacial score (nSPS) is 14.7. The van der Waals surface area contributed by atoms with Crippen molar-refractivity contribution < 1.29 is 4.79 Å². The van der Waals surface area contributed by atoms with Gasteiger partial charge in [0.1, 0.15) is 5.82 Å². The van der Waals surface area contributed by atoms with E-state index in [4.69, 9.17) is 0 Å². The Morgan fingerprint density at radius 2 is 1.91 bits per heavy atom. The molecule has 0 spiro atoms. The maximum absolute atomic E-state index is 12.7. The second-order valence-corrected chi connectivity index (χ2v) is 9.15. The Labute approximate surface area is 192 Å². The molecule has 1 fully saturated rings. The van der Waals surface area contributed by atoms with Gasteiger partial charge in [-0.05, 0) is 53.8 Å². The Morgan fingerprint density at radius 1 is 1.03 bits per heavy atom. The fourth-order valence-corrected chi connectivity index (χ4v) is 4.93. The number of rotatable bonds is 7. The number of amides is 1. The van der Waals surface area contributed by atoms with E-state index in [0.29, 0.717) is 12.1 Å². The number of nitrogens with zero attached hydrogens (tertiary/aromatic N) is 4. The highest BCUT2D eigenvalue weighted by Gasteiger charge is 2.20. The molecule has 7 heteroatoms. The second kappa shape index (κ2) is 9.54. The van der Waals surface area contributed by atoms with E-state index >= 15 is 0 Å². The molecule has 0 unspecified atom stereocenters. The van der Waals surface area contributed by atoms with Gasteiger partial charge in [-0.15, -0.1) is 11.3 Å². The van der Waals surface area contributed by atoms with Crippen LogP contribution in [0.3, 0.4) is 0 Å². The van der Waals surface area contributed by atoms with Crippen molar-refractivity contribution in [2.75, 3.05) is 37.6 Å². The van der Waals surface area contributed by atoms with Gasteiger partial charge in [0.25, 0.3) is 5.91 Å². The molecule has 1 N–H and O–H groups in total. The number of aromatic nitrogens is 2. The summed E-state index contributed by atoms with van der Waals surface area (Å²) in [4.78, 5) is 23.1. The van der Waals surface area contributed by atoms with Crippen LogP contribution in [-0.2, 0) is 13.0 Å². The van der Waals surface area contributed by atoms with Gasteiger partial charge in [0.2, 0.25) is 0 Å². The van der Waals surface area contributed by atoms with E-state index in [-0.39, 0.29) is 5.91 Å². The number of nitrogens with one attached hydrogen (secondary N) is 1. The molecule has 0 saturated carbocycles. The monoisotopic (exact) mass is 445 g/mol. The number of piperazine rings is 1. The van der Waals surface area contributed by atoms with E-state index in [1.165, 1.54) is 10.4 Å². The third kappa shape index (κ3) is 4.69. The van der Waals surface area contributed by atoms with E-state index in [0.717, 1.165) is 50.5 Å². The summed E-state index contributed by atoms with van der Waals surface area (Å²) < 4.78 is 2.14. The lowest BCUT2D eigenvalue weighted by atomic mass is 10.2. The van der Waals surface area contributed by atoms with Gasteiger partial charge in [0.15, 0.2) is 0 Å². The number of pyridine rings is 2. The van der Waals surface area contributed by atoms with Crippen LogP contribution in [0.4, 0.5) is 5.82 Å². The average molecular weight is 446 g/mol. The van der Waals surface area contributed by atoms with Gasteiger partial charge in [-0.3, -0.25) is 14.7 Å². The summed E-state index contributed by atoms with van der Waals surface area (Å²) in [7, 11) is 0. The topological polar surface area (TPSA) is 52.9 Å². The molecule has 0 radical (unpaired) electrons. The number of thiophene rings is 1. The minimum absolute atomic E-state index is 0.0237. The first kappa shape index (κ1) is 20.7. The number of fused-ring (bicyclic) bond motifs is 1. The highest BCUT2D eigenvalue weighted by molar-refractivity contribution is 7.09.